The number of hydrogen-bond donors (Lipinski definition) is 1. The fraction of sp³-hybridized carbons (Fsp3) is 0.556. The topological polar surface area (TPSA) is 15.3 Å². The number of fused-ring (bicyclic) bond motifs is 1. The first-order valence-corrected chi connectivity index (χ1v) is 8.80. The molecule has 114 valence electrons. The molecule has 3 rings (SSSR count). The molecule has 1 aliphatic rings. The minimum absolute atomic E-state index is 0.443. The number of benzene rings is 1. The van der Waals surface area contributed by atoms with E-state index in [1.54, 1.807) is 0 Å². The number of likely N-dealkylation sites (tertiary alicyclic amines) is 1. The summed E-state index contributed by atoms with van der Waals surface area (Å²) in [6, 6.07) is 9.85. The van der Waals surface area contributed by atoms with Gasteiger partial charge in [0.1, 0.15) is 0 Å². The molecule has 0 saturated carbocycles. The highest BCUT2D eigenvalue weighted by molar-refractivity contribution is 7.19. The van der Waals surface area contributed by atoms with E-state index in [2.05, 4.69) is 62.3 Å². The zero-order valence-electron chi connectivity index (χ0n) is 13.5. The summed E-state index contributed by atoms with van der Waals surface area (Å²) in [4.78, 5) is 3.94. The fourth-order valence-electron chi connectivity index (χ4n) is 3.60. The lowest BCUT2D eigenvalue weighted by molar-refractivity contribution is 0.168. The molecule has 2 aromatic rings. The van der Waals surface area contributed by atoms with Crippen molar-refractivity contribution < 1.29 is 0 Å². The summed E-state index contributed by atoms with van der Waals surface area (Å²) in [6.45, 7) is 9.38. The van der Waals surface area contributed by atoms with Gasteiger partial charge in [-0.15, -0.1) is 11.3 Å². The monoisotopic (exact) mass is 302 g/mol. The Morgan fingerprint density at radius 2 is 2.10 bits per heavy atom. The van der Waals surface area contributed by atoms with Crippen molar-refractivity contribution in [2.45, 2.75) is 39.3 Å². The van der Waals surface area contributed by atoms with Gasteiger partial charge in [-0.2, -0.15) is 0 Å². The number of aryl methyl sites for hydroxylation is 1. The second kappa shape index (κ2) is 6.07. The largest absolute Gasteiger partial charge is 0.306 e. The van der Waals surface area contributed by atoms with Gasteiger partial charge in [0.15, 0.2) is 0 Å². The Morgan fingerprint density at radius 3 is 2.81 bits per heavy atom. The van der Waals surface area contributed by atoms with Crippen LogP contribution >= 0.6 is 11.3 Å². The van der Waals surface area contributed by atoms with E-state index in [4.69, 9.17) is 0 Å². The van der Waals surface area contributed by atoms with Crippen molar-refractivity contribution in [3.8, 4) is 0 Å². The Bertz CT molecular complexity index is 619. The highest BCUT2D eigenvalue weighted by Crippen LogP contribution is 2.35. The Balaban J connectivity index is 1.78. The Kier molecular flexibility index (Phi) is 4.34. The van der Waals surface area contributed by atoms with Crippen LogP contribution in [0.5, 0.6) is 0 Å². The van der Waals surface area contributed by atoms with Crippen molar-refractivity contribution >= 4 is 21.4 Å². The molecule has 2 nitrogen and oxygen atoms in total. The van der Waals surface area contributed by atoms with Crippen LogP contribution in [0.15, 0.2) is 24.3 Å². The summed E-state index contributed by atoms with van der Waals surface area (Å²) >= 11 is 1.95. The van der Waals surface area contributed by atoms with Crippen molar-refractivity contribution in [1.82, 2.24) is 10.2 Å². The lowest BCUT2D eigenvalue weighted by Crippen LogP contribution is -2.47. The lowest BCUT2D eigenvalue weighted by atomic mass is 9.93. The standard InChI is InChI=1S/C18H26N2S/c1-12-11-20(4)10-9-16(12)19-14(3)18-13(2)15-7-5-6-8-17(15)21-18/h5-8,12,14,16,19H,9-11H2,1-4H3. The molecule has 1 saturated heterocycles. The fourth-order valence-corrected chi connectivity index (χ4v) is 4.83. The van der Waals surface area contributed by atoms with Crippen molar-refractivity contribution in [3.05, 3.63) is 34.7 Å². The maximum atomic E-state index is 3.89. The summed E-state index contributed by atoms with van der Waals surface area (Å²) in [5.41, 5.74) is 1.45. The summed E-state index contributed by atoms with van der Waals surface area (Å²) in [7, 11) is 2.23. The van der Waals surface area contributed by atoms with Crippen LogP contribution in [0.1, 0.15) is 36.8 Å². The average Bonchev–Trinajstić information content (AvgIpc) is 2.80. The quantitative estimate of drug-likeness (QED) is 0.914. The molecule has 3 heteroatoms. The van der Waals surface area contributed by atoms with Gasteiger partial charge >= 0.3 is 0 Å². The van der Waals surface area contributed by atoms with Crippen LogP contribution in [-0.2, 0) is 0 Å². The molecule has 1 aliphatic heterocycles. The highest BCUT2D eigenvalue weighted by atomic mass is 32.1. The van der Waals surface area contributed by atoms with Gasteiger partial charge in [0.25, 0.3) is 0 Å². The first-order valence-electron chi connectivity index (χ1n) is 7.99. The van der Waals surface area contributed by atoms with Crippen molar-refractivity contribution in [2.24, 2.45) is 5.92 Å². The molecule has 1 aromatic carbocycles. The summed E-state index contributed by atoms with van der Waals surface area (Å²) in [5, 5.41) is 5.31. The van der Waals surface area contributed by atoms with Gasteiger partial charge in [-0.3, -0.25) is 0 Å². The lowest BCUT2D eigenvalue weighted by Gasteiger charge is -2.37. The van der Waals surface area contributed by atoms with Crippen LogP contribution in [0.4, 0.5) is 0 Å². The van der Waals surface area contributed by atoms with Crippen LogP contribution in [-0.4, -0.2) is 31.1 Å². The summed E-state index contributed by atoms with van der Waals surface area (Å²) in [5.74, 6) is 0.723. The molecule has 0 radical (unpaired) electrons. The number of nitrogens with zero attached hydrogens (tertiary/aromatic N) is 1. The molecule has 1 N–H and O–H groups in total. The van der Waals surface area contributed by atoms with Crippen molar-refractivity contribution in [2.75, 3.05) is 20.1 Å². The molecule has 2 heterocycles. The molecule has 0 bridgehead atoms. The predicted octanol–water partition coefficient (Wildman–Crippen LogP) is 4.20. The van der Waals surface area contributed by atoms with E-state index in [1.807, 2.05) is 11.3 Å². The molecule has 0 aliphatic carbocycles. The zero-order valence-corrected chi connectivity index (χ0v) is 14.3. The molecule has 3 atom stereocenters. The molecular formula is C18H26N2S. The second-order valence-corrected chi connectivity index (χ2v) is 7.69. The first kappa shape index (κ1) is 15.0. The van der Waals surface area contributed by atoms with Gasteiger partial charge in [0.05, 0.1) is 0 Å². The van der Waals surface area contributed by atoms with Crippen LogP contribution in [0.2, 0.25) is 0 Å². The molecule has 3 unspecified atom stereocenters. The summed E-state index contributed by atoms with van der Waals surface area (Å²) in [6.07, 6.45) is 1.26. The SMILES string of the molecule is Cc1c(C(C)NC2CCN(C)CC2C)sc2ccccc12. The molecule has 0 spiro atoms. The van der Waals surface area contributed by atoms with Gasteiger partial charge < -0.3 is 10.2 Å². The van der Waals surface area contributed by atoms with E-state index in [0.717, 1.165) is 5.92 Å². The van der Waals surface area contributed by atoms with Gasteiger partial charge in [-0.25, -0.2) is 0 Å². The Hall–Kier alpha value is -0.900. The Morgan fingerprint density at radius 1 is 1.33 bits per heavy atom. The van der Waals surface area contributed by atoms with Crippen LogP contribution in [0.25, 0.3) is 10.1 Å². The third-order valence-electron chi connectivity index (χ3n) is 4.85. The summed E-state index contributed by atoms with van der Waals surface area (Å²) < 4.78 is 1.41. The van der Waals surface area contributed by atoms with Crippen LogP contribution in [0.3, 0.4) is 0 Å². The maximum absolute atomic E-state index is 3.89. The minimum Gasteiger partial charge on any atom is -0.306 e. The highest BCUT2D eigenvalue weighted by Gasteiger charge is 2.26. The normalized spacial score (nSPS) is 25.3. The van der Waals surface area contributed by atoms with E-state index in [-0.39, 0.29) is 0 Å². The van der Waals surface area contributed by atoms with E-state index in [1.165, 1.54) is 40.0 Å². The number of nitrogens with one attached hydrogen (secondary N) is 1. The number of piperidine rings is 1. The predicted molar refractivity (Wildman–Crippen MR) is 93.2 cm³/mol. The van der Waals surface area contributed by atoms with Gasteiger partial charge in [0, 0.05) is 28.2 Å². The Labute approximate surface area is 132 Å². The van der Waals surface area contributed by atoms with Crippen LogP contribution < -0.4 is 5.32 Å². The average molecular weight is 302 g/mol. The smallest absolute Gasteiger partial charge is 0.0391 e. The third-order valence-corrected chi connectivity index (χ3v) is 6.30. The van der Waals surface area contributed by atoms with Gasteiger partial charge in [-0.05, 0) is 56.8 Å². The molecule has 0 amide bonds. The van der Waals surface area contributed by atoms with Crippen LogP contribution in [0, 0.1) is 12.8 Å². The number of rotatable bonds is 3. The molecule has 1 aromatic heterocycles. The first-order chi connectivity index (χ1) is 10.1. The van der Waals surface area contributed by atoms with Gasteiger partial charge in [-0.1, -0.05) is 25.1 Å². The minimum atomic E-state index is 0.443. The van der Waals surface area contributed by atoms with E-state index in [0.29, 0.717) is 12.1 Å². The van der Waals surface area contributed by atoms with E-state index < -0.39 is 0 Å². The second-order valence-electron chi connectivity index (χ2n) is 6.61. The zero-order chi connectivity index (χ0) is 15.0. The molecule has 21 heavy (non-hydrogen) atoms. The number of hydrogen-bond acceptors (Lipinski definition) is 3. The number of thiophene rings is 1. The molecule has 1 fully saturated rings. The van der Waals surface area contributed by atoms with E-state index >= 15 is 0 Å². The van der Waals surface area contributed by atoms with Crippen molar-refractivity contribution in [1.29, 1.82) is 0 Å². The van der Waals surface area contributed by atoms with Gasteiger partial charge in [0.2, 0.25) is 0 Å². The third kappa shape index (κ3) is 3.01. The molecular weight excluding hydrogens is 276 g/mol. The maximum Gasteiger partial charge on any atom is 0.0391 e. The van der Waals surface area contributed by atoms with E-state index in [9.17, 15) is 0 Å². The van der Waals surface area contributed by atoms with Crippen molar-refractivity contribution in [3.63, 3.8) is 0 Å².